The summed E-state index contributed by atoms with van der Waals surface area (Å²) in [5.41, 5.74) is 1.62. The molecule has 0 radical (unpaired) electrons. The van der Waals surface area contributed by atoms with Gasteiger partial charge in [0.1, 0.15) is 5.01 Å². The Kier molecular flexibility index (Phi) is 5.06. The highest BCUT2D eigenvalue weighted by Crippen LogP contribution is 2.34. The maximum Gasteiger partial charge on any atom is 0.416 e. The third-order valence-electron chi connectivity index (χ3n) is 3.71. The lowest BCUT2D eigenvalue weighted by atomic mass is 10.0. The number of thiol groups is 1. The fourth-order valence-electron chi connectivity index (χ4n) is 2.33. The average Bonchev–Trinajstić information content (AvgIpc) is 3.10. The fourth-order valence-corrected chi connectivity index (χ4v) is 3.46. The molecule has 0 saturated heterocycles. The van der Waals surface area contributed by atoms with Crippen LogP contribution < -0.4 is 0 Å². The molecule has 0 fully saturated rings. The third kappa shape index (κ3) is 3.91. The van der Waals surface area contributed by atoms with Crippen molar-refractivity contribution in [1.29, 1.82) is 0 Å². The van der Waals surface area contributed by atoms with Crippen molar-refractivity contribution in [2.75, 3.05) is 0 Å². The van der Waals surface area contributed by atoms with Crippen LogP contribution in [-0.2, 0) is 11.0 Å². The number of aromatic nitrogens is 1. The standard InChI is InChI=1S/C18H12F3NO2S2/c19-18(20,21)13-7-5-11(6-8-13)10-1-3-12(4-2-10)14-9-22-16(26-14)15(25)17(23)24/h1-9,15,25H,(H,23,24). The summed E-state index contributed by atoms with van der Waals surface area (Å²) in [5.74, 6) is -1.06. The zero-order valence-electron chi connectivity index (χ0n) is 13.1. The van der Waals surface area contributed by atoms with E-state index >= 15 is 0 Å². The monoisotopic (exact) mass is 395 g/mol. The van der Waals surface area contributed by atoms with Crippen molar-refractivity contribution in [3.63, 3.8) is 0 Å². The minimum absolute atomic E-state index is 0.391. The van der Waals surface area contributed by atoms with Crippen LogP contribution in [0.25, 0.3) is 21.6 Å². The number of aliphatic carboxylic acids is 1. The van der Waals surface area contributed by atoms with Crippen molar-refractivity contribution in [3.8, 4) is 21.6 Å². The van der Waals surface area contributed by atoms with Gasteiger partial charge < -0.3 is 5.11 Å². The minimum atomic E-state index is -4.35. The van der Waals surface area contributed by atoms with E-state index < -0.39 is 23.0 Å². The predicted octanol–water partition coefficient (Wildman–Crippen LogP) is 5.55. The zero-order chi connectivity index (χ0) is 18.9. The maximum atomic E-state index is 12.6. The van der Waals surface area contributed by atoms with E-state index in [4.69, 9.17) is 5.11 Å². The number of nitrogens with zero attached hydrogens (tertiary/aromatic N) is 1. The van der Waals surface area contributed by atoms with Crippen LogP contribution in [0.3, 0.4) is 0 Å². The molecule has 0 aliphatic rings. The molecule has 26 heavy (non-hydrogen) atoms. The molecule has 1 N–H and O–H groups in total. The van der Waals surface area contributed by atoms with Gasteiger partial charge in [0, 0.05) is 6.20 Å². The summed E-state index contributed by atoms with van der Waals surface area (Å²) in [5, 5.41) is 8.39. The Balaban J connectivity index is 1.82. The molecular weight excluding hydrogens is 383 g/mol. The van der Waals surface area contributed by atoms with Crippen LogP contribution in [-0.4, -0.2) is 16.1 Å². The Bertz CT molecular complexity index is 919. The topological polar surface area (TPSA) is 50.2 Å². The van der Waals surface area contributed by atoms with Gasteiger partial charge in [-0.3, -0.25) is 4.79 Å². The molecule has 1 unspecified atom stereocenters. The van der Waals surface area contributed by atoms with Crippen LogP contribution in [0, 0.1) is 0 Å². The Labute approximate surface area is 156 Å². The van der Waals surface area contributed by atoms with Crippen molar-refractivity contribution in [1.82, 2.24) is 4.98 Å². The number of hydrogen-bond acceptors (Lipinski definition) is 4. The quantitative estimate of drug-likeness (QED) is 0.570. The van der Waals surface area contributed by atoms with Crippen LogP contribution in [0.1, 0.15) is 15.8 Å². The summed E-state index contributed by atoms with van der Waals surface area (Å²) >= 11 is 5.24. The number of hydrogen-bond donors (Lipinski definition) is 2. The summed E-state index contributed by atoms with van der Waals surface area (Å²) in [7, 11) is 0. The first-order chi connectivity index (χ1) is 12.3. The second kappa shape index (κ2) is 7.13. The van der Waals surface area contributed by atoms with Gasteiger partial charge in [0.15, 0.2) is 5.25 Å². The van der Waals surface area contributed by atoms with Gasteiger partial charge >= 0.3 is 12.1 Å². The summed E-state index contributed by atoms with van der Waals surface area (Å²) in [4.78, 5) is 15.8. The van der Waals surface area contributed by atoms with Crippen LogP contribution >= 0.6 is 24.0 Å². The van der Waals surface area contributed by atoms with Gasteiger partial charge in [-0.15, -0.1) is 11.3 Å². The highest BCUT2D eigenvalue weighted by molar-refractivity contribution is 7.81. The Morgan fingerprint density at radius 2 is 1.50 bits per heavy atom. The molecule has 1 heterocycles. The average molecular weight is 395 g/mol. The smallest absolute Gasteiger partial charge is 0.416 e. The number of carboxylic acid groups (broad SMARTS) is 1. The number of rotatable bonds is 4. The van der Waals surface area contributed by atoms with Gasteiger partial charge in [0.2, 0.25) is 0 Å². The van der Waals surface area contributed by atoms with E-state index in [0.717, 1.165) is 28.1 Å². The fraction of sp³-hybridized carbons (Fsp3) is 0.111. The molecule has 1 atom stereocenters. The van der Waals surface area contributed by atoms with Gasteiger partial charge in [0.25, 0.3) is 0 Å². The molecule has 0 aliphatic carbocycles. The highest BCUT2D eigenvalue weighted by atomic mass is 32.1. The number of alkyl halides is 3. The van der Waals surface area contributed by atoms with Gasteiger partial charge in [-0.2, -0.15) is 25.8 Å². The van der Waals surface area contributed by atoms with Gasteiger partial charge in [0.05, 0.1) is 10.4 Å². The second-order valence-electron chi connectivity index (χ2n) is 5.46. The molecule has 0 spiro atoms. The molecule has 0 saturated carbocycles. The lowest BCUT2D eigenvalue weighted by molar-refractivity contribution is -0.138. The van der Waals surface area contributed by atoms with E-state index in [1.165, 1.54) is 23.5 Å². The van der Waals surface area contributed by atoms with Crippen LogP contribution in [0.2, 0.25) is 0 Å². The van der Waals surface area contributed by atoms with E-state index in [0.29, 0.717) is 10.6 Å². The van der Waals surface area contributed by atoms with E-state index in [1.54, 1.807) is 18.3 Å². The molecule has 0 amide bonds. The van der Waals surface area contributed by atoms with E-state index in [1.807, 2.05) is 12.1 Å². The number of halogens is 3. The van der Waals surface area contributed by atoms with Crippen molar-refractivity contribution in [2.24, 2.45) is 0 Å². The maximum absolute atomic E-state index is 12.6. The predicted molar refractivity (Wildman–Crippen MR) is 97.4 cm³/mol. The van der Waals surface area contributed by atoms with Crippen LogP contribution in [0.4, 0.5) is 13.2 Å². The lowest BCUT2D eigenvalue weighted by Crippen LogP contribution is -2.03. The van der Waals surface area contributed by atoms with Crippen molar-refractivity contribution in [3.05, 3.63) is 65.3 Å². The summed E-state index contributed by atoms with van der Waals surface area (Å²) in [6, 6.07) is 12.2. The Morgan fingerprint density at radius 3 is 2.00 bits per heavy atom. The number of benzene rings is 2. The van der Waals surface area contributed by atoms with Gasteiger partial charge in [-0.05, 0) is 28.8 Å². The number of carboxylic acids is 1. The van der Waals surface area contributed by atoms with Crippen LogP contribution in [0.5, 0.6) is 0 Å². The zero-order valence-corrected chi connectivity index (χ0v) is 14.8. The van der Waals surface area contributed by atoms with E-state index in [-0.39, 0.29) is 0 Å². The lowest BCUT2D eigenvalue weighted by Gasteiger charge is -2.08. The molecule has 1 aromatic heterocycles. The molecular formula is C18H12F3NO2S2. The number of carbonyl (C=O) groups is 1. The molecule has 3 aromatic rings. The highest BCUT2D eigenvalue weighted by Gasteiger charge is 2.29. The van der Waals surface area contributed by atoms with E-state index in [9.17, 15) is 18.0 Å². The Hall–Kier alpha value is -2.32. The molecule has 2 aromatic carbocycles. The first-order valence-electron chi connectivity index (χ1n) is 7.40. The summed E-state index contributed by atoms with van der Waals surface area (Å²) in [6.07, 6.45) is -2.77. The molecule has 0 bridgehead atoms. The van der Waals surface area contributed by atoms with Gasteiger partial charge in [-0.1, -0.05) is 36.4 Å². The van der Waals surface area contributed by atoms with Crippen LogP contribution in [0.15, 0.2) is 54.7 Å². The number of thiazole rings is 1. The largest absolute Gasteiger partial charge is 0.480 e. The molecule has 8 heteroatoms. The second-order valence-corrected chi connectivity index (χ2v) is 7.03. The normalized spacial score (nSPS) is 12.8. The molecule has 134 valence electrons. The summed E-state index contributed by atoms with van der Waals surface area (Å²) < 4.78 is 37.9. The molecule has 3 nitrogen and oxygen atoms in total. The minimum Gasteiger partial charge on any atom is -0.480 e. The SMILES string of the molecule is O=C(O)C(S)c1ncc(-c2ccc(-c3ccc(C(F)(F)F)cc3)cc2)s1. The van der Waals surface area contributed by atoms with Crippen molar-refractivity contribution < 1.29 is 23.1 Å². The first-order valence-corrected chi connectivity index (χ1v) is 8.73. The van der Waals surface area contributed by atoms with Crippen molar-refractivity contribution in [2.45, 2.75) is 11.4 Å². The summed E-state index contributed by atoms with van der Waals surface area (Å²) in [6.45, 7) is 0. The van der Waals surface area contributed by atoms with Crippen molar-refractivity contribution >= 4 is 29.9 Å². The third-order valence-corrected chi connectivity index (χ3v) is 5.46. The molecule has 0 aliphatic heterocycles. The molecule has 3 rings (SSSR count). The Morgan fingerprint density at radius 1 is 1.00 bits per heavy atom. The van der Waals surface area contributed by atoms with Gasteiger partial charge in [-0.25, -0.2) is 4.98 Å². The van der Waals surface area contributed by atoms with E-state index in [2.05, 4.69) is 17.6 Å². The first kappa shape index (κ1) is 18.5.